The van der Waals surface area contributed by atoms with E-state index in [1.165, 1.54) is 12.1 Å². The Labute approximate surface area is 86.5 Å². The summed E-state index contributed by atoms with van der Waals surface area (Å²) < 4.78 is 26.6. The third-order valence-electron chi connectivity index (χ3n) is 2.20. The van der Waals surface area contributed by atoms with E-state index in [-0.39, 0.29) is 24.8 Å². The largest absolute Gasteiger partial charge is 0.481 e. The van der Waals surface area contributed by atoms with E-state index in [1.54, 1.807) is 6.92 Å². The summed E-state index contributed by atoms with van der Waals surface area (Å²) in [5.74, 6) is -2.13. The summed E-state index contributed by atoms with van der Waals surface area (Å²) in [6.45, 7) is 1.55. The molecule has 0 saturated heterocycles. The SMILES string of the molecule is Cc1ccc(F)c(CCCC(=O)O)c1F. The van der Waals surface area contributed by atoms with Gasteiger partial charge in [-0.3, -0.25) is 4.79 Å². The first-order valence-corrected chi connectivity index (χ1v) is 4.67. The minimum absolute atomic E-state index is 0.0174. The molecule has 82 valence electrons. The van der Waals surface area contributed by atoms with E-state index in [1.807, 2.05) is 0 Å². The van der Waals surface area contributed by atoms with Crippen molar-refractivity contribution in [3.63, 3.8) is 0 Å². The molecule has 0 amide bonds. The molecule has 1 aromatic rings. The first-order chi connectivity index (χ1) is 7.02. The summed E-state index contributed by atoms with van der Waals surface area (Å²) in [7, 11) is 0. The van der Waals surface area contributed by atoms with Crippen molar-refractivity contribution in [2.24, 2.45) is 0 Å². The van der Waals surface area contributed by atoms with Crippen molar-refractivity contribution in [3.8, 4) is 0 Å². The fourth-order valence-corrected chi connectivity index (χ4v) is 1.36. The Morgan fingerprint density at radius 1 is 1.40 bits per heavy atom. The minimum Gasteiger partial charge on any atom is -0.481 e. The van der Waals surface area contributed by atoms with Crippen LogP contribution in [0.4, 0.5) is 8.78 Å². The molecular formula is C11H12F2O2. The molecule has 0 aliphatic carbocycles. The van der Waals surface area contributed by atoms with E-state index < -0.39 is 17.6 Å². The smallest absolute Gasteiger partial charge is 0.303 e. The van der Waals surface area contributed by atoms with E-state index in [4.69, 9.17) is 5.11 Å². The molecular weight excluding hydrogens is 202 g/mol. The quantitative estimate of drug-likeness (QED) is 0.836. The maximum absolute atomic E-state index is 13.4. The predicted octanol–water partition coefficient (Wildman–Crippen LogP) is 2.68. The number of carboxylic acid groups (broad SMARTS) is 1. The summed E-state index contributed by atoms with van der Waals surface area (Å²) in [5.41, 5.74) is 0.359. The number of hydrogen-bond acceptors (Lipinski definition) is 1. The van der Waals surface area contributed by atoms with Crippen molar-refractivity contribution in [2.75, 3.05) is 0 Å². The van der Waals surface area contributed by atoms with Crippen LogP contribution in [-0.4, -0.2) is 11.1 Å². The molecule has 0 fully saturated rings. The van der Waals surface area contributed by atoms with Crippen LogP contribution in [0.1, 0.15) is 24.0 Å². The molecule has 2 nitrogen and oxygen atoms in total. The summed E-state index contributed by atoms with van der Waals surface area (Å²) in [5, 5.41) is 8.40. The van der Waals surface area contributed by atoms with Gasteiger partial charge in [-0.05, 0) is 31.4 Å². The van der Waals surface area contributed by atoms with Gasteiger partial charge in [0.25, 0.3) is 0 Å². The number of rotatable bonds is 4. The molecule has 1 rings (SSSR count). The highest BCUT2D eigenvalue weighted by Crippen LogP contribution is 2.18. The van der Waals surface area contributed by atoms with Gasteiger partial charge < -0.3 is 5.11 Å². The van der Waals surface area contributed by atoms with Crippen LogP contribution in [0.5, 0.6) is 0 Å². The molecule has 0 aliphatic heterocycles. The van der Waals surface area contributed by atoms with Gasteiger partial charge in [0.05, 0.1) is 0 Å². The van der Waals surface area contributed by atoms with E-state index in [0.29, 0.717) is 5.56 Å². The summed E-state index contributed by atoms with van der Waals surface area (Å²) in [6.07, 6.45) is 0.283. The molecule has 0 bridgehead atoms. The van der Waals surface area contributed by atoms with Crippen LogP contribution >= 0.6 is 0 Å². The van der Waals surface area contributed by atoms with E-state index in [9.17, 15) is 13.6 Å². The van der Waals surface area contributed by atoms with Crippen LogP contribution in [0, 0.1) is 18.6 Å². The topological polar surface area (TPSA) is 37.3 Å². The molecule has 1 aromatic carbocycles. The lowest BCUT2D eigenvalue weighted by atomic mass is 10.0. The Kier molecular flexibility index (Phi) is 3.77. The molecule has 0 heterocycles. The Hall–Kier alpha value is -1.45. The highest BCUT2D eigenvalue weighted by molar-refractivity contribution is 5.66. The lowest BCUT2D eigenvalue weighted by Crippen LogP contribution is -2.01. The molecule has 0 radical (unpaired) electrons. The van der Waals surface area contributed by atoms with Crippen LogP contribution in [0.2, 0.25) is 0 Å². The molecule has 15 heavy (non-hydrogen) atoms. The molecule has 0 aliphatic rings. The van der Waals surface area contributed by atoms with Crippen molar-refractivity contribution in [2.45, 2.75) is 26.2 Å². The average molecular weight is 214 g/mol. The summed E-state index contributed by atoms with van der Waals surface area (Å²) in [6, 6.07) is 2.57. The number of benzene rings is 1. The van der Waals surface area contributed by atoms with Crippen molar-refractivity contribution in [3.05, 3.63) is 34.9 Å². The zero-order chi connectivity index (χ0) is 11.4. The fraction of sp³-hybridized carbons (Fsp3) is 0.364. The van der Waals surface area contributed by atoms with Crippen molar-refractivity contribution in [1.29, 1.82) is 0 Å². The highest BCUT2D eigenvalue weighted by atomic mass is 19.1. The number of carbonyl (C=O) groups is 1. The second-order valence-corrected chi connectivity index (χ2v) is 3.40. The Balaban J connectivity index is 2.75. The van der Waals surface area contributed by atoms with Gasteiger partial charge >= 0.3 is 5.97 Å². The molecule has 0 aromatic heterocycles. The van der Waals surface area contributed by atoms with Gasteiger partial charge in [0, 0.05) is 12.0 Å². The van der Waals surface area contributed by atoms with Crippen LogP contribution in [0.25, 0.3) is 0 Å². The maximum Gasteiger partial charge on any atom is 0.303 e. The van der Waals surface area contributed by atoms with Gasteiger partial charge in [0.1, 0.15) is 11.6 Å². The van der Waals surface area contributed by atoms with Crippen molar-refractivity contribution >= 4 is 5.97 Å². The van der Waals surface area contributed by atoms with E-state index in [0.717, 1.165) is 0 Å². The second-order valence-electron chi connectivity index (χ2n) is 3.40. The third kappa shape index (κ3) is 3.01. The summed E-state index contributed by atoms with van der Waals surface area (Å²) in [4.78, 5) is 10.2. The zero-order valence-electron chi connectivity index (χ0n) is 8.39. The first kappa shape index (κ1) is 11.6. The number of aryl methyl sites for hydroxylation is 1. The second kappa shape index (κ2) is 4.87. The van der Waals surface area contributed by atoms with Crippen LogP contribution in [0.3, 0.4) is 0 Å². The van der Waals surface area contributed by atoms with Gasteiger partial charge in [-0.2, -0.15) is 0 Å². The van der Waals surface area contributed by atoms with Gasteiger partial charge in [-0.15, -0.1) is 0 Å². The van der Waals surface area contributed by atoms with Gasteiger partial charge in [0.2, 0.25) is 0 Å². The minimum atomic E-state index is -0.955. The van der Waals surface area contributed by atoms with Crippen molar-refractivity contribution < 1.29 is 18.7 Å². The Bertz CT molecular complexity index is 375. The van der Waals surface area contributed by atoms with Crippen LogP contribution < -0.4 is 0 Å². The molecule has 0 spiro atoms. The van der Waals surface area contributed by atoms with E-state index >= 15 is 0 Å². The number of hydrogen-bond donors (Lipinski definition) is 1. The zero-order valence-corrected chi connectivity index (χ0v) is 8.39. The lowest BCUT2D eigenvalue weighted by molar-refractivity contribution is -0.137. The van der Waals surface area contributed by atoms with Crippen LogP contribution in [0.15, 0.2) is 12.1 Å². The third-order valence-corrected chi connectivity index (χ3v) is 2.20. The monoisotopic (exact) mass is 214 g/mol. The first-order valence-electron chi connectivity index (χ1n) is 4.67. The maximum atomic E-state index is 13.4. The predicted molar refractivity (Wildman–Crippen MR) is 51.7 cm³/mol. The number of carboxylic acids is 1. The van der Waals surface area contributed by atoms with Crippen molar-refractivity contribution in [1.82, 2.24) is 0 Å². The lowest BCUT2D eigenvalue weighted by Gasteiger charge is -2.06. The molecule has 4 heteroatoms. The average Bonchev–Trinajstić information content (AvgIpc) is 2.17. The molecule has 1 N–H and O–H groups in total. The van der Waals surface area contributed by atoms with Gasteiger partial charge in [-0.1, -0.05) is 6.07 Å². The molecule has 0 atom stereocenters. The van der Waals surface area contributed by atoms with Gasteiger partial charge in [0.15, 0.2) is 0 Å². The Morgan fingerprint density at radius 2 is 2.07 bits per heavy atom. The summed E-state index contributed by atoms with van der Waals surface area (Å²) >= 11 is 0. The Morgan fingerprint density at radius 3 is 2.67 bits per heavy atom. The molecule has 0 saturated carbocycles. The van der Waals surface area contributed by atoms with Gasteiger partial charge in [-0.25, -0.2) is 8.78 Å². The normalized spacial score (nSPS) is 10.3. The number of aliphatic carboxylic acids is 1. The highest BCUT2D eigenvalue weighted by Gasteiger charge is 2.11. The number of halogens is 2. The molecule has 0 unspecified atom stereocenters. The standard InChI is InChI=1S/C11H12F2O2/c1-7-5-6-9(12)8(11(7)13)3-2-4-10(14)15/h5-6H,2-4H2,1H3,(H,14,15). The van der Waals surface area contributed by atoms with E-state index in [2.05, 4.69) is 0 Å². The van der Waals surface area contributed by atoms with Crippen LogP contribution in [-0.2, 0) is 11.2 Å². The fourth-order valence-electron chi connectivity index (χ4n) is 1.36.